The van der Waals surface area contributed by atoms with Crippen molar-refractivity contribution in [1.29, 1.82) is 0 Å². The predicted octanol–water partition coefficient (Wildman–Crippen LogP) is 3.02. The van der Waals surface area contributed by atoms with Gasteiger partial charge < -0.3 is 15.3 Å². The Morgan fingerprint density at radius 3 is 2.68 bits per heavy atom. The van der Waals surface area contributed by atoms with Crippen LogP contribution in [0.4, 0.5) is 11.4 Å². The van der Waals surface area contributed by atoms with Crippen LogP contribution in [0.15, 0.2) is 42.5 Å². The van der Waals surface area contributed by atoms with Crippen LogP contribution >= 0.6 is 0 Å². The number of hydrogen-bond donors (Lipinski definition) is 2. The summed E-state index contributed by atoms with van der Waals surface area (Å²) >= 11 is 0. The van der Waals surface area contributed by atoms with Crippen LogP contribution in [0.5, 0.6) is 0 Å². The lowest BCUT2D eigenvalue weighted by Gasteiger charge is -2.28. The lowest BCUT2D eigenvalue weighted by molar-refractivity contribution is -0.117. The minimum absolute atomic E-state index is 0.0192. The van der Waals surface area contributed by atoms with Crippen molar-refractivity contribution in [3.05, 3.63) is 59.2 Å². The van der Waals surface area contributed by atoms with Gasteiger partial charge in [0.25, 0.3) is 0 Å². The summed E-state index contributed by atoms with van der Waals surface area (Å²) in [7, 11) is 0. The van der Waals surface area contributed by atoms with E-state index in [4.69, 9.17) is 5.11 Å². The number of carbonyl (C=O) groups excluding carboxylic acids is 2. The molecule has 1 saturated heterocycles. The molecule has 2 N–H and O–H groups in total. The zero-order valence-electron chi connectivity index (χ0n) is 15.6. The average Bonchev–Trinajstić information content (AvgIpc) is 3.13. The fourth-order valence-electron chi connectivity index (χ4n) is 3.86. The van der Waals surface area contributed by atoms with Gasteiger partial charge in [-0.1, -0.05) is 30.0 Å². The molecule has 0 radical (unpaired) electrons. The van der Waals surface area contributed by atoms with Crippen molar-refractivity contribution in [3.63, 3.8) is 0 Å². The maximum absolute atomic E-state index is 12.3. The lowest BCUT2D eigenvalue weighted by Crippen LogP contribution is -2.26. The van der Waals surface area contributed by atoms with Crippen molar-refractivity contribution in [2.45, 2.75) is 31.6 Å². The van der Waals surface area contributed by atoms with Crippen molar-refractivity contribution in [1.82, 2.24) is 0 Å². The summed E-state index contributed by atoms with van der Waals surface area (Å²) in [6.45, 7) is 0.790. The highest BCUT2D eigenvalue weighted by Crippen LogP contribution is 2.39. The maximum atomic E-state index is 12.3. The first-order valence-electron chi connectivity index (χ1n) is 9.59. The predicted molar refractivity (Wildman–Crippen MR) is 108 cm³/mol. The van der Waals surface area contributed by atoms with E-state index >= 15 is 0 Å². The quantitative estimate of drug-likeness (QED) is 0.812. The second kappa shape index (κ2) is 7.87. The molecule has 5 nitrogen and oxygen atoms in total. The SMILES string of the molecule is O=C1CC(c2ccc(C#CCCO)cc2)c2ccc(N3CCCC3=O)cc2N1. The summed E-state index contributed by atoms with van der Waals surface area (Å²) in [5, 5.41) is 11.8. The Bertz CT molecular complexity index is 970. The summed E-state index contributed by atoms with van der Waals surface area (Å²) in [5.74, 6) is 6.03. The normalized spacial score (nSPS) is 18.3. The molecule has 5 heteroatoms. The van der Waals surface area contributed by atoms with Crippen LogP contribution in [0.3, 0.4) is 0 Å². The van der Waals surface area contributed by atoms with Crippen LogP contribution < -0.4 is 10.2 Å². The Morgan fingerprint density at radius 1 is 1.14 bits per heavy atom. The largest absolute Gasteiger partial charge is 0.395 e. The highest BCUT2D eigenvalue weighted by atomic mass is 16.2. The van der Waals surface area contributed by atoms with E-state index in [2.05, 4.69) is 17.2 Å². The zero-order valence-corrected chi connectivity index (χ0v) is 15.6. The van der Waals surface area contributed by atoms with E-state index in [1.165, 1.54) is 0 Å². The Morgan fingerprint density at radius 2 is 1.96 bits per heavy atom. The molecule has 2 aliphatic rings. The average molecular weight is 374 g/mol. The third kappa shape index (κ3) is 3.64. The minimum atomic E-state index is -0.0217. The number of benzene rings is 2. The van der Waals surface area contributed by atoms with Gasteiger partial charge in [-0.15, -0.1) is 0 Å². The molecule has 1 unspecified atom stereocenters. The second-order valence-corrected chi connectivity index (χ2v) is 7.12. The molecule has 2 aromatic rings. The van der Waals surface area contributed by atoms with E-state index < -0.39 is 0 Å². The molecule has 0 aromatic heterocycles. The Kier molecular flexibility index (Phi) is 5.14. The van der Waals surface area contributed by atoms with E-state index in [0.29, 0.717) is 19.3 Å². The van der Waals surface area contributed by atoms with Crippen LogP contribution in [0, 0.1) is 11.8 Å². The van der Waals surface area contributed by atoms with Crippen LogP contribution in [0.2, 0.25) is 0 Å². The van der Waals surface area contributed by atoms with E-state index in [1.54, 1.807) is 4.90 Å². The number of nitrogens with zero attached hydrogens (tertiary/aromatic N) is 1. The molecule has 0 saturated carbocycles. The van der Waals surface area contributed by atoms with Crippen LogP contribution in [0.1, 0.15) is 48.3 Å². The summed E-state index contributed by atoms with van der Waals surface area (Å²) in [6.07, 6.45) is 2.31. The molecule has 1 atom stereocenters. The molecule has 4 rings (SSSR count). The number of anilines is 2. The Balaban J connectivity index is 1.62. The summed E-state index contributed by atoms with van der Waals surface area (Å²) < 4.78 is 0. The van der Waals surface area contributed by atoms with Crippen LogP contribution in [0.25, 0.3) is 0 Å². The number of hydrogen-bond acceptors (Lipinski definition) is 3. The van der Waals surface area contributed by atoms with E-state index in [-0.39, 0.29) is 24.3 Å². The first kappa shape index (κ1) is 18.3. The van der Waals surface area contributed by atoms with Gasteiger partial charge >= 0.3 is 0 Å². The fourth-order valence-corrected chi connectivity index (χ4v) is 3.86. The first-order chi connectivity index (χ1) is 13.7. The molecule has 0 bridgehead atoms. The highest BCUT2D eigenvalue weighted by molar-refractivity contribution is 5.99. The number of rotatable bonds is 3. The molecule has 2 aromatic carbocycles. The maximum Gasteiger partial charge on any atom is 0.227 e. The van der Waals surface area contributed by atoms with Crippen molar-refractivity contribution in [2.75, 3.05) is 23.4 Å². The number of nitrogens with one attached hydrogen (secondary N) is 1. The Labute approximate surface area is 164 Å². The van der Waals surface area contributed by atoms with Crippen molar-refractivity contribution in [3.8, 4) is 11.8 Å². The molecule has 28 heavy (non-hydrogen) atoms. The summed E-state index contributed by atoms with van der Waals surface area (Å²) in [6, 6.07) is 13.8. The van der Waals surface area contributed by atoms with Gasteiger partial charge in [0.05, 0.1) is 6.61 Å². The van der Waals surface area contributed by atoms with Gasteiger partial charge in [0, 0.05) is 48.7 Å². The number of fused-ring (bicyclic) bond motifs is 1. The standard InChI is InChI=1S/C23H22N2O3/c26-13-2-1-4-16-6-8-17(9-7-16)20-15-22(27)24-21-14-18(10-11-19(20)21)25-12-3-5-23(25)28/h6-11,14,20,26H,2-3,5,12-13,15H2,(H,24,27). The number of aliphatic hydroxyl groups excluding tert-OH is 1. The van der Waals surface area contributed by atoms with Gasteiger partial charge in [-0.25, -0.2) is 0 Å². The summed E-state index contributed by atoms with van der Waals surface area (Å²) in [5.41, 5.74) is 4.64. The van der Waals surface area contributed by atoms with Gasteiger partial charge in [-0.05, 0) is 41.8 Å². The molecule has 142 valence electrons. The topological polar surface area (TPSA) is 69.6 Å². The van der Waals surface area contributed by atoms with Crippen molar-refractivity contribution >= 4 is 23.2 Å². The first-order valence-corrected chi connectivity index (χ1v) is 9.59. The second-order valence-electron chi connectivity index (χ2n) is 7.12. The third-order valence-electron chi connectivity index (χ3n) is 5.24. The van der Waals surface area contributed by atoms with Crippen molar-refractivity contribution in [2.24, 2.45) is 0 Å². The molecule has 1 fully saturated rings. The number of aliphatic hydroxyl groups is 1. The number of amides is 2. The van der Waals surface area contributed by atoms with Gasteiger partial charge in [0.15, 0.2) is 0 Å². The number of carbonyl (C=O) groups is 2. The van der Waals surface area contributed by atoms with Gasteiger partial charge in [0.1, 0.15) is 0 Å². The zero-order chi connectivity index (χ0) is 19.5. The molecule has 0 aliphatic carbocycles. The fraction of sp³-hybridized carbons (Fsp3) is 0.304. The van der Waals surface area contributed by atoms with Gasteiger partial charge in [0.2, 0.25) is 11.8 Å². The van der Waals surface area contributed by atoms with Crippen molar-refractivity contribution < 1.29 is 14.7 Å². The summed E-state index contributed by atoms with van der Waals surface area (Å²) in [4.78, 5) is 26.1. The minimum Gasteiger partial charge on any atom is -0.395 e. The van der Waals surface area contributed by atoms with Gasteiger partial charge in [-0.3, -0.25) is 9.59 Å². The van der Waals surface area contributed by atoms with Gasteiger partial charge in [-0.2, -0.15) is 0 Å². The Hall–Kier alpha value is -3.10. The van der Waals surface area contributed by atoms with Crippen LogP contribution in [-0.4, -0.2) is 30.1 Å². The van der Waals surface area contributed by atoms with Crippen LogP contribution in [-0.2, 0) is 9.59 Å². The van der Waals surface area contributed by atoms with E-state index in [0.717, 1.165) is 41.0 Å². The molecule has 2 aliphatic heterocycles. The molecule has 2 amide bonds. The molecule has 0 spiro atoms. The molecule has 2 heterocycles. The lowest BCUT2D eigenvalue weighted by atomic mass is 9.84. The third-order valence-corrected chi connectivity index (χ3v) is 5.24. The molecular weight excluding hydrogens is 352 g/mol. The smallest absolute Gasteiger partial charge is 0.227 e. The highest BCUT2D eigenvalue weighted by Gasteiger charge is 2.28. The van der Waals surface area contributed by atoms with E-state index in [9.17, 15) is 9.59 Å². The monoisotopic (exact) mass is 374 g/mol. The van der Waals surface area contributed by atoms with E-state index in [1.807, 2.05) is 42.5 Å². The molecular formula is C23H22N2O3.